The fourth-order valence-corrected chi connectivity index (χ4v) is 3.26. The Balaban J connectivity index is 1.72. The second kappa shape index (κ2) is 7.23. The number of ether oxygens (including phenoxy) is 1. The lowest BCUT2D eigenvalue weighted by molar-refractivity contribution is -0.151. The number of rotatable bonds is 6. The molecule has 25 heavy (non-hydrogen) atoms. The highest BCUT2D eigenvalue weighted by Crippen LogP contribution is 2.44. The smallest absolute Gasteiger partial charge is 0.308 e. The number of esters is 1. The average Bonchev–Trinajstić information content (AvgIpc) is 2.93. The van der Waals surface area contributed by atoms with Crippen LogP contribution in [0.2, 0.25) is 0 Å². The number of aliphatic carboxylic acids is 1. The normalized spacial score (nSPS) is 13.4. The highest BCUT2D eigenvalue weighted by Gasteiger charge is 2.29. The Morgan fingerprint density at radius 2 is 1.64 bits per heavy atom. The summed E-state index contributed by atoms with van der Waals surface area (Å²) in [6.07, 6.45) is 4.96. The van der Waals surface area contributed by atoms with Gasteiger partial charge in [0.05, 0.1) is 12.3 Å². The third-order valence-electron chi connectivity index (χ3n) is 4.50. The largest absolute Gasteiger partial charge is 0.481 e. The summed E-state index contributed by atoms with van der Waals surface area (Å²) in [5.41, 5.74) is 4.54. The van der Waals surface area contributed by atoms with Gasteiger partial charge in [0.1, 0.15) is 6.61 Å². The summed E-state index contributed by atoms with van der Waals surface area (Å²) in [6.45, 7) is 0.190. The SMILES string of the molecule is C#CC[C@H](CC(=O)OCC1c2ccccc2-c2ccccc21)C(=O)O. The van der Waals surface area contributed by atoms with E-state index in [2.05, 4.69) is 18.1 Å². The van der Waals surface area contributed by atoms with Gasteiger partial charge in [0.2, 0.25) is 0 Å². The molecule has 0 radical (unpaired) electrons. The Hall–Kier alpha value is -3.06. The van der Waals surface area contributed by atoms with Crippen molar-refractivity contribution in [2.24, 2.45) is 5.92 Å². The summed E-state index contributed by atoms with van der Waals surface area (Å²) in [5, 5.41) is 9.09. The van der Waals surface area contributed by atoms with E-state index in [1.807, 2.05) is 36.4 Å². The van der Waals surface area contributed by atoms with Gasteiger partial charge in [-0.2, -0.15) is 0 Å². The van der Waals surface area contributed by atoms with Crippen molar-refractivity contribution in [1.29, 1.82) is 0 Å². The van der Waals surface area contributed by atoms with Gasteiger partial charge in [-0.25, -0.2) is 0 Å². The molecule has 0 amide bonds. The molecule has 0 aromatic heterocycles. The Morgan fingerprint density at radius 1 is 1.08 bits per heavy atom. The van der Waals surface area contributed by atoms with Crippen molar-refractivity contribution >= 4 is 11.9 Å². The molecule has 2 aromatic carbocycles. The molecule has 1 atom stereocenters. The molecule has 0 bridgehead atoms. The zero-order chi connectivity index (χ0) is 17.8. The summed E-state index contributed by atoms with van der Waals surface area (Å²) < 4.78 is 5.40. The molecule has 3 rings (SSSR count). The second-order valence-corrected chi connectivity index (χ2v) is 6.06. The summed E-state index contributed by atoms with van der Waals surface area (Å²) in [4.78, 5) is 23.2. The average molecular weight is 334 g/mol. The van der Waals surface area contributed by atoms with Crippen LogP contribution in [-0.4, -0.2) is 23.7 Å². The predicted molar refractivity (Wildman–Crippen MR) is 93.9 cm³/mol. The first kappa shape index (κ1) is 16.8. The van der Waals surface area contributed by atoms with Crippen LogP contribution in [0.15, 0.2) is 48.5 Å². The van der Waals surface area contributed by atoms with Crippen molar-refractivity contribution in [2.45, 2.75) is 18.8 Å². The van der Waals surface area contributed by atoms with Crippen molar-refractivity contribution in [3.8, 4) is 23.5 Å². The van der Waals surface area contributed by atoms with Gasteiger partial charge >= 0.3 is 11.9 Å². The Morgan fingerprint density at radius 3 is 2.16 bits per heavy atom. The maximum absolute atomic E-state index is 12.1. The van der Waals surface area contributed by atoms with Crippen molar-refractivity contribution in [1.82, 2.24) is 0 Å². The van der Waals surface area contributed by atoms with Crippen LogP contribution in [0.3, 0.4) is 0 Å². The number of terminal acetylenes is 1. The lowest BCUT2D eigenvalue weighted by Gasteiger charge is -2.15. The van der Waals surface area contributed by atoms with Crippen LogP contribution in [0.1, 0.15) is 29.9 Å². The van der Waals surface area contributed by atoms with E-state index >= 15 is 0 Å². The number of carboxylic acids is 1. The molecule has 4 heteroatoms. The van der Waals surface area contributed by atoms with Gasteiger partial charge in [-0.15, -0.1) is 12.3 Å². The van der Waals surface area contributed by atoms with E-state index < -0.39 is 17.9 Å². The monoisotopic (exact) mass is 334 g/mol. The lowest BCUT2D eigenvalue weighted by Crippen LogP contribution is -2.20. The standard InChI is InChI=1S/C21H18O4/c1-2-7-14(21(23)24)12-20(22)25-13-19-17-10-5-3-8-15(17)16-9-4-6-11-18(16)19/h1,3-6,8-11,14,19H,7,12-13H2,(H,23,24)/t14-/m1/s1. The number of carbonyl (C=O) groups excluding carboxylic acids is 1. The van der Waals surface area contributed by atoms with Crippen LogP contribution in [0, 0.1) is 18.3 Å². The third-order valence-corrected chi connectivity index (χ3v) is 4.50. The topological polar surface area (TPSA) is 63.6 Å². The first-order chi connectivity index (χ1) is 12.1. The highest BCUT2D eigenvalue weighted by molar-refractivity contribution is 5.80. The van der Waals surface area contributed by atoms with Gasteiger partial charge in [0.15, 0.2) is 0 Å². The van der Waals surface area contributed by atoms with Crippen LogP contribution >= 0.6 is 0 Å². The fourth-order valence-electron chi connectivity index (χ4n) is 3.26. The minimum Gasteiger partial charge on any atom is -0.481 e. The van der Waals surface area contributed by atoms with Gasteiger partial charge in [0, 0.05) is 12.3 Å². The Kier molecular flexibility index (Phi) is 4.85. The van der Waals surface area contributed by atoms with Crippen molar-refractivity contribution in [2.75, 3.05) is 6.61 Å². The van der Waals surface area contributed by atoms with Gasteiger partial charge in [-0.3, -0.25) is 9.59 Å². The quantitative estimate of drug-likeness (QED) is 0.649. The second-order valence-electron chi connectivity index (χ2n) is 6.06. The molecule has 1 aliphatic carbocycles. The zero-order valence-electron chi connectivity index (χ0n) is 13.6. The molecule has 0 saturated heterocycles. The van der Waals surface area contributed by atoms with Crippen LogP contribution < -0.4 is 0 Å². The number of carboxylic acid groups (broad SMARTS) is 1. The maximum atomic E-state index is 12.1. The van der Waals surface area contributed by atoms with E-state index in [0.717, 1.165) is 22.3 Å². The van der Waals surface area contributed by atoms with Crippen LogP contribution in [0.4, 0.5) is 0 Å². The van der Waals surface area contributed by atoms with E-state index in [1.54, 1.807) is 0 Å². The number of fused-ring (bicyclic) bond motifs is 3. The van der Waals surface area contributed by atoms with E-state index in [4.69, 9.17) is 16.3 Å². The molecule has 1 aliphatic rings. The predicted octanol–water partition coefficient (Wildman–Crippen LogP) is 3.46. The summed E-state index contributed by atoms with van der Waals surface area (Å²) in [7, 11) is 0. The first-order valence-corrected chi connectivity index (χ1v) is 8.12. The van der Waals surface area contributed by atoms with Crippen LogP contribution in [0.5, 0.6) is 0 Å². The zero-order valence-corrected chi connectivity index (χ0v) is 13.6. The first-order valence-electron chi connectivity index (χ1n) is 8.12. The summed E-state index contributed by atoms with van der Waals surface area (Å²) in [5.74, 6) is -0.263. The molecule has 0 aliphatic heterocycles. The summed E-state index contributed by atoms with van der Waals surface area (Å²) >= 11 is 0. The minimum absolute atomic E-state index is 0.0134. The molecule has 1 N–H and O–H groups in total. The molecule has 0 heterocycles. The molecule has 4 nitrogen and oxygen atoms in total. The van der Waals surface area contributed by atoms with Gasteiger partial charge in [-0.1, -0.05) is 48.5 Å². The number of hydrogen-bond acceptors (Lipinski definition) is 3. The summed E-state index contributed by atoms with van der Waals surface area (Å²) in [6, 6.07) is 16.1. The minimum atomic E-state index is -1.08. The fraction of sp³-hybridized carbons (Fsp3) is 0.238. The van der Waals surface area contributed by atoms with Crippen LogP contribution in [0.25, 0.3) is 11.1 Å². The molecule has 0 unspecified atom stereocenters. The Bertz CT molecular complexity index is 801. The molecular formula is C21H18O4. The lowest BCUT2D eigenvalue weighted by atomic mass is 9.98. The van der Waals surface area contributed by atoms with E-state index in [-0.39, 0.29) is 25.4 Å². The number of hydrogen-bond donors (Lipinski definition) is 1. The van der Waals surface area contributed by atoms with Crippen molar-refractivity contribution in [3.63, 3.8) is 0 Å². The molecule has 0 saturated carbocycles. The van der Waals surface area contributed by atoms with E-state index in [1.165, 1.54) is 0 Å². The van der Waals surface area contributed by atoms with Crippen molar-refractivity contribution in [3.05, 3.63) is 59.7 Å². The highest BCUT2D eigenvalue weighted by atomic mass is 16.5. The molecule has 0 fully saturated rings. The van der Waals surface area contributed by atoms with Gasteiger partial charge in [-0.05, 0) is 22.3 Å². The molecule has 2 aromatic rings. The molecule has 0 spiro atoms. The number of carbonyl (C=O) groups is 2. The van der Waals surface area contributed by atoms with Gasteiger partial charge < -0.3 is 9.84 Å². The third kappa shape index (κ3) is 3.41. The van der Waals surface area contributed by atoms with E-state index in [9.17, 15) is 9.59 Å². The molecule has 126 valence electrons. The van der Waals surface area contributed by atoms with Crippen LogP contribution in [-0.2, 0) is 14.3 Å². The number of benzene rings is 2. The van der Waals surface area contributed by atoms with Gasteiger partial charge in [0.25, 0.3) is 0 Å². The molecular weight excluding hydrogens is 316 g/mol. The Labute approximate surface area is 146 Å². The van der Waals surface area contributed by atoms with Crippen molar-refractivity contribution < 1.29 is 19.4 Å². The maximum Gasteiger partial charge on any atom is 0.308 e. The van der Waals surface area contributed by atoms with E-state index in [0.29, 0.717) is 0 Å².